The normalized spacial score (nSPS) is 14.3. The summed E-state index contributed by atoms with van der Waals surface area (Å²) in [4.78, 5) is 38.6. The Labute approximate surface area is 209 Å². The Morgan fingerprint density at radius 3 is 2.23 bits per heavy atom. The minimum atomic E-state index is -0.980. The second kappa shape index (κ2) is 13.0. The standard InChI is InChI=1S/C28H33NO4.C2H6/c1-4-5-6-7-8-17-29-24-15-14-22(18-23(24)28(2,3)19-26(29)31)25(30)16-11-20-9-12-21(13-10-20)27(32)33;1-2/h9-16,18H,4-8,17,19H2,1-3H3,(H,32,33);1-2H3/b16-11+;. The minimum absolute atomic E-state index is 0.126. The van der Waals surface area contributed by atoms with Crippen molar-refractivity contribution in [2.24, 2.45) is 0 Å². The van der Waals surface area contributed by atoms with Gasteiger partial charge in [0, 0.05) is 29.6 Å². The number of rotatable bonds is 10. The number of carboxylic acids is 1. The second-order valence-corrected chi connectivity index (χ2v) is 9.38. The van der Waals surface area contributed by atoms with Gasteiger partial charge in [-0.15, -0.1) is 0 Å². The van der Waals surface area contributed by atoms with Crippen LogP contribution in [0.3, 0.4) is 0 Å². The number of hydrogen-bond acceptors (Lipinski definition) is 3. The van der Waals surface area contributed by atoms with E-state index in [1.54, 1.807) is 24.3 Å². The first-order valence-corrected chi connectivity index (χ1v) is 12.7. The molecule has 1 amide bonds. The third-order valence-corrected chi connectivity index (χ3v) is 6.27. The lowest BCUT2D eigenvalue weighted by Gasteiger charge is -2.39. The fourth-order valence-corrected chi connectivity index (χ4v) is 4.29. The Morgan fingerprint density at radius 1 is 0.971 bits per heavy atom. The Bertz CT molecular complexity index is 1050. The molecule has 2 aromatic carbocycles. The number of benzene rings is 2. The number of anilines is 1. The molecule has 1 heterocycles. The molecule has 0 radical (unpaired) electrons. The maximum Gasteiger partial charge on any atom is 0.335 e. The summed E-state index contributed by atoms with van der Waals surface area (Å²) >= 11 is 0. The van der Waals surface area contributed by atoms with Gasteiger partial charge >= 0.3 is 5.97 Å². The van der Waals surface area contributed by atoms with Crippen molar-refractivity contribution in [3.63, 3.8) is 0 Å². The van der Waals surface area contributed by atoms with Crippen LogP contribution in [0.25, 0.3) is 6.08 Å². The van der Waals surface area contributed by atoms with E-state index in [1.807, 2.05) is 30.9 Å². The number of carbonyl (C=O) groups excluding carboxylic acids is 2. The molecule has 0 fully saturated rings. The van der Waals surface area contributed by atoms with Gasteiger partial charge in [-0.05, 0) is 54.0 Å². The molecule has 5 heteroatoms. The van der Waals surface area contributed by atoms with Crippen molar-refractivity contribution in [1.82, 2.24) is 0 Å². The van der Waals surface area contributed by atoms with Gasteiger partial charge in [-0.25, -0.2) is 4.79 Å². The smallest absolute Gasteiger partial charge is 0.335 e. The molecule has 1 aliphatic heterocycles. The number of carboxylic acid groups (broad SMARTS) is 1. The number of unbranched alkanes of at least 4 members (excludes halogenated alkanes) is 4. The molecule has 0 aliphatic carbocycles. The molecule has 35 heavy (non-hydrogen) atoms. The van der Waals surface area contributed by atoms with Crippen molar-refractivity contribution in [3.05, 3.63) is 70.8 Å². The molecule has 0 unspecified atom stereocenters. The highest BCUT2D eigenvalue weighted by Gasteiger charge is 2.36. The third kappa shape index (κ3) is 7.38. The van der Waals surface area contributed by atoms with Gasteiger partial charge in [-0.2, -0.15) is 0 Å². The lowest BCUT2D eigenvalue weighted by Crippen LogP contribution is -2.42. The van der Waals surface area contributed by atoms with E-state index in [-0.39, 0.29) is 22.7 Å². The zero-order valence-corrected chi connectivity index (χ0v) is 21.8. The summed E-state index contributed by atoms with van der Waals surface area (Å²) in [5.41, 5.74) is 3.15. The van der Waals surface area contributed by atoms with Crippen molar-refractivity contribution in [3.8, 4) is 0 Å². The Balaban J connectivity index is 0.00000210. The Morgan fingerprint density at radius 2 is 1.60 bits per heavy atom. The number of ketones is 1. The van der Waals surface area contributed by atoms with Crippen LogP contribution in [-0.4, -0.2) is 29.3 Å². The number of hydrogen-bond donors (Lipinski definition) is 1. The van der Waals surface area contributed by atoms with Gasteiger partial charge in [0.1, 0.15) is 0 Å². The Kier molecular flexibility index (Phi) is 10.4. The van der Waals surface area contributed by atoms with Crippen molar-refractivity contribution in [2.45, 2.75) is 78.6 Å². The van der Waals surface area contributed by atoms with Crippen LogP contribution in [-0.2, 0) is 10.2 Å². The first-order valence-electron chi connectivity index (χ1n) is 12.7. The van der Waals surface area contributed by atoms with E-state index >= 15 is 0 Å². The maximum absolute atomic E-state index is 12.8. The molecule has 0 aromatic heterocycles. The highest BCUT2D eigenvalue weighted by molar-refractivity contribution is 6.08. The third-order valence-electron chi connectivity index (χ3n) is 6.27. The number of allylic oxidation sites excluding steroid dienone is 1. The topological polar surface area (TPSA) is 74.7 Å². The van der Waals surface area contributed by atoms with Gasteiger partial charge in [-0.1, -0.05) is 78.5 Å². The van der Waals surface area contributed by atoms with E-state index in [1.165, 1.54) is 37.5 Å². The Hall–Kier alpha value is -3.21. The molecule has 1 aliphatic rings. The van der Waals surface area contributed by atoms with Crippen molar-refractivity contribution in [1.29, 1.82) is 0 Å². The predicted molar refractivity (Wildman–Crippen MR) is 143 cm³/mol. The molecule has 3 rings (SSSR count). The van der Waals surface area contributed by atoms with E-state index in [9.17, 15) is 14.4 Å². The van der Waals surface area contributed by atoms with Crippen LogP contribution in [0.15, 0.2) is 48.5 Å². The molecule has 0 atom stereocenters. The summed E-state index contributed by atoms with van der Waals surface area (Å²) in [6.45, 7) is 11.0. The van der Waals surface area contributed by atoms with E-state index in [2.05, 4.69) is 20.8 Å². The van der Waals surface area contributed by atoms with Crippen molar-refractivity contribution < 1.29 is 19.5 Å². The lowest BCUT2D eigenvalue weighted by atomic mass is 9.76. The molecule has 188 valence electrons. The van der Waals surface area contributed by atoms with Crippen LogP contribution >= 0.6 is 0 Å². The summed E-state index contributed by atoms with van der Waals surface area (Å²) in [6, 6.07) is 12.0. The van der Waals surface area contributed by atoms with Crippen LogP contribution < -0.4 is 4.90 Å². The minimum Gasteiger partial charge on any atom is -0.478 e. The predicted octanol–water partition coefficient (Wildman–Crippen LogP) is 7.29. The van der Waals surface area contributed by atoms with Crippen molar-refractivity contribution in [2.75, 3.05) is 11.4 Å². The van der Waals surface area contributed by atoms with E-state index < -0.39 is 5.97 Å². The SMILES string of the molecule is CC.CCCCCCCN1C(=O)CC(C)(C)c2cc(C(=O)/C=C/c3ccc(C(=O)O)cc3)ccc21. The van der Waals surface area contributed by atoms with E-state index in [0.717, 1.165) is 29.7 Å². The largest absolute Gasteiger partial charge is 0.478 e. The van der Waals surface area contributed by atoms with Gasteiger partial charge in [0.15, 0.2) is 5.78 Å². The van der Waals surface area contributed by atoms with Crippen LogP contribution in [0.4, 0.5) is 5.69 Å². The summed E-state index contributed by atoms with van der Waals surface area (Å²) in [6.07, 6.45) is 9.32. The summed E-state index contributed by atoms with van der Waals surface area (Å²) in [5, 5.41) is 9.00. The molecule has 2 aromatic rings. The quantitative estimate of drug-likeness (QED) is 0.221. The second-order valence-electron chi connectivity index (χ2n) is 9.38. The summed E-state index contributed by atoms with van der Waals surface area (Å²) < 4.78 is 0. The average molecular weight is 478 g/mol. The lowest BCUT2D eigenvalue weighted by molar-refractivity contribution is -0.120. The fraction of sp³-hybridized carbons (Fsp3) is 0.433. The van der Waals surface area contributed by atoms with Gasteiger partial charge < -0.3 is 10.0 Å². The van der Waals surface area contributed by atoms with Gasteiger partial charge in [0.05, 0.1) is 5.56 Å². The monoisotopic (exact) mass is 477 g/mol. The van der Waals surface area contributed by atoms with Crippen molar-refractivity contribution >= 4 is 29.4 Å². The van der Waals surface area contributed by atoms with Gasteiger partial charge in [0.25, 0.3) is 0 Å². The number of carbonyl (C=O) groups is 3. The molecule has 0 saturated carbocycles. The first kappa shape index (κ1) is 28.0. The molecular weight excluding hydrogens is 438 g/mol. The van der Waals surface area contributed by atoms with Gasteiger partial charge in [0.2, 0.25) is 5.91 Å². The molecular formula is C30H39NO4. The van der Waals surface area contributed by atoms with Crippen LogP contribution in [0.2, 0.25) is 0 Å². The average Bonchev–Trinajstić information content (AvgIpc) is 2.85. The van der Waals surface area contributed by atoms with Gasteiger partial charge in [-0.3, -0.25) is 9.59 Å². The summed E-state index contributed by atoms with van der Waals surface area (Å²) in [5.74, 6) is -0.961. The first-order chi connectivity index (χ1) is 16.7. The molecule has 1 N–H and O–H groups in total. The van der Waals surface area contributed by atoms with Crippen LogP contribution in [0.5, 0.6) is 0 Å². The number of amides is 1. The fourth-order valence-electron chi connectivity index (χ4n) is 4.29. The zero-order chi connectivity index (χ0) is 26.0. The molecule has 0 bridgehead atoms. The number of fused-ring (bicyclic) bond motifs is 1. The summed E-state index contributed by atoms with van der Waals surface area (Å²) in [7, 11) is 0. The number of aromatic carboxylic acids is 1. The number of nitrogens with zero attached hydrogens (tertiary/aromatic N) is 1. The zero-order valence-electron chi connectivity index (χ0n) is 21.8. The molecule has 0 spiro atoms. The molecule has 5 nitrogen and oxygen atoms in total. The highest BCUT2D eigenvalue weighted by Crippen LogP contribution is 2.41. The van der Waals surface area contributed by atoms with E-state index in [0.29, 0.717) is 18.5 Å². The van der Waals surface area contributed by atoms with Crippen LogP contribution in [0, 0.1) is 0 Å². The van der Waals surface area contributed by atoms with Crippen LogP contribution in [0.1, 0.15) is 105 Å². The molecule has 0 saturated heterocycles. The highest BCUT2D eigenvalue weighted by atomic mass is 16.4. The maximum atomic E-state index is 12.8. The van der Waals surface area contributed by atoms with E-state index in [4.69, 9.17) is 5.11 Å².